The second-order valence-corrected chi connectivity index (χ2v) is 5.63. The van der Waals surface area contributed by atoms with Crippen molar-refractivity contribution in [2.75, 3.05) is 12.5 Å². The molecule has 136 valence electrons. The van der Waals surface area contributed by atoms with Crippen LogP contribution in [0.5, 0.6) is 5.75 Å². The van der Waals surface area contributed by atoms with E-state index < -0.39 is 0 Å². The summed E-state index contributed by atoms with van der Waals surface area (Å²) in [7, 11) is 1.36. The zero-order chi connectivity index (χ0) is 18.9. The number of pyridine rings is 1. The third kappa shape index (κ3) is 5.40. The molecule has 3 rings (SSSR count). The fourth-order valence-electron chi connectivity index (χ4n) is 2.27. The van der Waals surface area contributed by atoms with Gasteiger partial charge in [0.1, 0.15) is 18.2 Å². The van der Waals surface area contributed by atoms with Gasteiger partial charge in [0.15, 0.2) is 0 Å². The van der Waals surface area contributed by atoms with Gasteiger partial charge in [-0.1, -0.05) is 18.2 Å². The molecule has 1 aromatic heterocycles. The van der Waals surface area contributed by atoms with Crippen LogP contribution in [-0.4, -0.2) is 24.3 Å². The van der Waals surface area contributed by atoms with Crippen LogP contribution in [0.2, 0.25) is 0 Å². The van der Waals surface area contributed by atoms with E-state index in [-0.39, 0.29) is 5.97 Å². The average Bonchev–Trinajstić information content (AvgIpc) is 2.74. The van der Waals surface area contributed by atoms with Crippen LogP contribution in [0.25, 0.3) is 0 Å². The highest BCUT2D eigenvalue weighted by Crippen LogP contribution is 2.14. The topological polar surface area (TPSA) is 72.8 Å². The van der Waals surface area contributed by atoms with Crippen molar-refractivity contribution in [1.29, 1.82) is 0 Å². The average molecular weight is 361 g/mol. The third-order valence-corrected chi connectivity index (χ3v) is 3.72. The number of anilines is 1. The summed E-state index contributed by atoms with van der Waals surface area (Å²) in [6.07, 6.45) is 3.41. The van der Waals surface area contributed by atoms with E-state index in [1.807, 2.05) is 54.6 Å². The lowest BCUT2D eigenvalue weighted by molar-refractivity contribution is 0.0600. The fourth-order valence-corrected chi connectivity index (χ4v) is 2.27. The summed E-state index contributed by atoms with van der Waals surface area (Å²) in [4.78, 5) is 15.5. The van der Waals surface area contributed by atoms with Crippen LogP contribution in [0.3, 0.4) is 0 Å². The zero-order valence-electron chi connectivity index (χ0n) is 14.8. The van der Waals surface area contributed by atoms with Gasteiger partial charge >= 0.3 is 5.97 Å². The molecule has 0 saturated carbocycles. The van der Waals surface area contributed by atoms with Gasteiger partial charge < -0.3 is 9.47 Å². The SMILES string of the molecule is COC(=O)c1ccc(COc2ccc(/C=N/Nc3ccccn3)cc2)cc1. The summed E-state index contributed by atoms with van der Waals surface area (Å²) in [5.41, 5.74) is 5.29. The number of benzene rings is 2. The number of methoxy groups -OCH3 is 1. The second kappa shape index (κ2) is 9.15. The van der Waals surface area contributed by atoms with Gasteiger partial charge in [0, 0.05) is 6.20 Å². The minimum Gasteiger partial charge on any atom is -0.489 e. The van der Waals surface area contributed by atoms with E-state index >= 15 is 0 Å². The maximum Gasteiger partial charge on any atom is 0.337 e. The number of hydrogen-bond donors (Lipinski definition) is 1. The van der Waals surface area contributed by atoms with E-state index in [9.17, 15) is 4.79 Å². The fraction of sp³-hybridized carbons (Fsp3) is 0.0952. The molecule has 0 amide bonds. The molecule has 0 atom stereocenters. The van der Waals surface area contributed by atoms with Crippen molar-refractivity contribution in [3.05, 3.63) is 89.6 Å². The third-order valence-electron chi connectivity index (χ3n) is 3.72. The van der Waals surface area contributed by atoms with Gasteiger partial charge in [0.2, 0.25) is 0 Å². The lowest BCUT2D eigenvalue weighted by Gasteiger charge is -2.07. The molecule has 0 aliphatic carbocycles. The molecule has 0 radical (unpaired) electrons. The Morgan fingerprint density at radius 2 is 1.85 bits per heavy atom. The van der Waals surface area contributed by atoms with Crippen LogP contribution in [-0.2, 0) is 11.3 Å². The summed E-state index contributed by atoms with van der Waals surface area (Å²) in [5, 5.41) is 4.15. The minimum atomic E-state index is -0.350. The Morgan fingerprint density at radius 3 is 2.52 bits per heavy atom. The number of ether oxygens (including phenoxy) is 2. The summed E-state index contributed by atoms with van der Waals surface area (Å²) < 4.78 is 10.4. The van der Waals surface area contributed by atoms with Crippen molar-refractivity contribution in [3.8, 4) is 5.75 Å². The van der Waals surface area contributed by atoms with E-state index in [4.69, 9.17) is 4.74 Å². The van der Waals surface area contributed by atoms with Crippen molar-refractivity contribution >= 4 is 18.0 Å². The number of hydrazone groups is 1. The summed E-state index contributed by atoms with van der Waals surface area (Å²) in [6.45, 7) is 0.413. The number of esters is 1. The molecule has 2 aromatic carbocycles. The highest BCUT2D eigenvalue weighted by atomic mass is 16.5. The van der Waals surface area contributed by atoms with Crippen LogP contribution >= 0.6 is 0 Å². The lowest BCUT2D eigenvalue weighted by atomic mass is 10.1. The van der Waals surface area contributed by atoms with Gasteiger partial charge in [-0.05, 0) is 59.7 Å². The predicted octanol–water partition coefficient (Wildman–Crippen LogP) is 3.89. The summed E-state index contributed by atoms with van der Waals surface area (Å²) in [6, 6.07) is 20.3. The first-order valence-electron chi connectivity index (χ1n) is 8.35. The molecule has 0 aliphatic heterocycles. The van der Waals surface area contributed by atoms with E-state index in [0.717, 1.165) is 16.9 Å². The van der Waals surface area contributed by atoms with Crippen LogP contribution in [0.1, 0.15) is 21.5 Å². The largest absolute Gasteiger partial charge is 0.489 e. The molecule has 0 aliphatic rings. The highest BCUT2D eigenvalue weighted by Gasteiger charge is 2.04. The van der Waals surface area contributed by atoms with Crippen molar-refractivity contribution in [3.63, 3.8) is 0 Å². The Morgan fingerprint density at radius 1 is 1.07 bits per heavy atom. The normalized spacial score (nSPS) is 10.6. The summed E-state index contributed by atoms with van der Waals surface area (Å²) in [5.74, 6) is 1.09. The molecule has 0 spiro atoms. The van der Waals surface area contributed by atoms with E-state index in [2.05, 4.69) is 20.2 Å². The molecule has 3 aromatic rings. The lowest BCUT2D eigenvalue weighted by Crippen LogP contribution is -2.02. The smallest absolute Gasteiger partial charge is 0.337 e. The molecule has 1 N–H and O–H groups in total. The van der Waals surface area contributed by atoms with Crippen molar-refractivity contribution in [1.82, 2.24) is 4.98 Å². The molecule has 0 fully saturated rings. The standard InChI is InChI=1S/C21H19N3O3/c1-26-21(25)18-9-5-17(6-10-18)15-27-19-11-7-16(8-12-19)14-23-24-20-4-2-3-13-22-20/h2-14H,15H2,1H3,(H,22,24)/b23-14+. The number of aromatic nitrogens is 1. The quantitative estimate of drug-likeness (QED) is 0.393. The molecular formula is C21H19N3O3. The molecule has 0 bridgehead atoms. The van der Waals surface area contributed by atoms with Crippen molar-refractivity contribution < 1.29 is 14.3 Å². The Bertz CT molecular complexity index is 892. The zero-order valence-corrected chi connectivity index (χ0v) is 14.8. The number of carbonyl (C=O) groups excluding carboxylic acids is 1. The Kier molecular flexibility index (Phi) is 6.14. The molecule has 27 heavy (non-hydrogen) atoms. The first kappa shape index (κ1) is 18.1. The van der Waals surface area contributed by atoms with Crippen LogP contribution in [0, 0.1) is 0 Å². The molecular weight excluding hydrogens is 342 g/mol. The van der Waals surface area contributed by atoms with Gasteiger partial charge in [-0.15, -0.1) is 0 Å². The monoisotopic (exact) mass is 361 g/mol. The van der Waals surface area contributed by atoms with E-state index in [1.54, 1.807) is 24.5 Å². The van der Waals surface area contributed by atoms with Gasteiger partial charge in [0.05, 0.1) is 18.9 Å². The maximum atomic E-state index is 11.4. The van der Waals surface area contributed by atoms with Crippen LogP contribution in [0.15, 0.2) is 78.0 Å². The number of hydrogen-bond acceptors (Lipinski definition) is 6. The van der Waals surface area contributed by atoms with Crippen molar-refractivity contribution in [2.24, 2.45) is 5.10 Å². The Balaban J connectivity index is 1.51. The van der Waals surface area contributed by atoms with Gasteiger partial charge in [-0.2, -0.15) is 5.10 Å². The number of carbonyl (C=O) groups is 1. The number of nitrogens with one attached hydrogen (secondary N) is 1. The van der Waals surface area contributed by atoms with Gasteiger partial charge in [0.25, 0.3) is 0 Å². The molecule has 0 saturated heterocycles. The second-order valence-electron chi connectivity index (χ2n) is 5.63. The van der Waals surface area contributed by atoms with E-state index in [0.29, 0.717) is 18.0 Å². The van der Waals surface area contributed by atoms with Crippen LogP contribution in [0.4, 0.5) is 5.82 Å². The van der Waals surface area contributed by atoms with Crippen molar-refractivity contribution in [2.45, 2.75) is 6.61 Å². The first-order valence-corrected chi connectivity index (χ1v) is 8.35. The Hall–Kier alpha value is -3.67. The predicted molar refractivity (Wildman–Crippen MR) is 104 cm³/mol. The Labute approximate surface area is 157 Å². The van der Waals surface area contributed by atoms with Gasteiger partial charge in [-0.3, -0.25) is 5.43 Å². The van der Waals surface area contributed by atoms with E-state index in [1.165, 1.54) is 7.11 Å². The molecule has 6 nitrogen and oxygen atoms in total. The molecule has 6 heteroatoms. The maximum absolute atomic E-state index is 11.4. The van der Waals surface area contributed by atoms with Crippen LogP contribution < -0.4 is 10.2 Å². The molecule has 0 unspecified atom stereocenters. The number of nitrogens with zero attached hydrogens (tertiary/aromatic N) is 2. The minimum absolute atomic E-state index is 0.350. The van der Waals surface area contributed by atoms with Gasteiger partial charge in [-0.25, -0.2) is 9.78 Å². The highest BCUT2D eigenvalue weighted by molar-refractivity contribution is 5.89. The first-order chi connectivity index (χ1) is 13.2. The molecule has 1 heterocycles. The number of rotatable bonds is 7. The summed E-state index contributed by atoms with van der Waals surface area (Å²) >= 11 is 0.